The van der Waals surface area contributed by atoms with E-state index in [0.29, 0.717) is 11.8 Å². The number of rotatable bonds is 3. The molecule has 1 aromatic rings. The minimum Gasteiger partial charge on any atom is -0.475 e. The Morgan fingerprint density at radius 3 is 2.52 bits per heavy atom. The molecule has 1 amide bonds. The lowest BCUT2D eigenvalue weighted by atomic mass is 9.92. The first-order valence-electron chi connectivity index (χ1n) is 9.01. The molecule has 3 unspecified atom stereocenters. The standard InChI is InChI=1S/C16H19FN2O2S.C2HF3O2/c1-10-5-12(10)15(20)19-8-16(9-19)6-11(7-22-16)21-14-13(17)3-2-4-18-14;3-2(4,5)1(6)7/h2-4,10-12H,5-9H2,1H3;(H,6,7). The van der Waals surface area contributed by atoms with Crippen LogP contribution in [0.2, 0.25) is 0 Å². The van der Waals surface area contributed by atoms with Crippen molar-refractivity contribution in [3.63, 3.8) is 0 Å². The molecule has 3 atom stereocenters. The Morgan fingerprint density at radius 1 is 1.38 bits per heavy atom. The fraction of sp³-hybridized carbons (Fsp3) is 0.611. The quantitative estimate of drug-likeness (QED) is 0.734. The van der Waals surface area contributed by atoms with Crippen LogP contribution < -0.4 is 4.74 Å². The van der Waals surface area contributed by atoms with Crippen LogP contribution in [-0.4, -0.2) is 62.7 Å². The highest BCUT2D eigenvalue weighted by molar-refractivity contribution is 8.01. The number of pyridine rings is 1. The van der Waals surface area contributed by atoms with Gasteiger partial charge in [-0.3, -0.25) is 4.79 Å². The minimum absolute atomic E-state index is 0.0218. The molecular weight excluding hydrogens is 416 g/mol. The van der Waals surface area contributed by atoms with Gasteiger partial charge in [-0.05, 0) is 24.5 Å². The van der Waals surface area contributed by atoms with Crippen molar-refractivity contribution in [3.05, 3.63) is 24.1 Å². The van der Waals surface area contributed by atoms with E-state index in [-0.39, 0.29) is 22.6 Å². The summed E-state index contributed by atoms with van der Waals surface area (Å²) in [4.78, 5) is 27.0. The van der Waals surface area contributed by atoms with Crippen molar-refractivity contribution in [2.45, 2.75) is 36.8 Å². The number of carbonyl (C=O) groups is 2. The van der Waals surface area contributed by atoms with Gasteiger partial charge >= 0.3 is 12.1 Å². The number of alkyl halides is 3. The van der Waals surface area contributed by atoms with Gasteiger partial charge in [0.05, 0.1) is 4.75 Å². The van der Waals surface area contributed by atoms with E-state index in [1.807, 2.05) is 16.7 Å². The van der Waals surface area contributed by atoms with Crippen molar-refractivity contribution >= 4 is 23.6 Å². The Morgan fingerprint density at radius 2 is 2.00 bits per heavy atom. The number of halogens is 4. The van der Waals surface area contributed by atoms with E-state index < -0.39 is 18.0 Å². The third kappa shape index (κ3) is 5.12. The van der Waals surface area contributed by atoms with Crippen LogP contribution in [0.5, 0.6) is 5.88 Å². The van der Waals surface area contributed by atoms with E-state index >= 15 is 0 Å². The van der Waals surface area contributed by atoms with Crippen LogP contribution in [0.4, 0.5) is 17.6 Å². The Kier molecular flexibility index (Phi) is 5.98. The van der Waals surface area contributed by atoms with E-state index in [0.717, 1.165) is 31.7 Å². The molecule has 0 aromatic carbocycles. The molecule has 1 aromatic heterocycles. The summed E-state index contributed by atoms with van der Waals surface area (Å²) < 4.78 is 51.1. The molecule has 29 heavy (non-hydrogen) atoms. The summed E-state index contributed by atoms with van der Waals surface area (Å²) in [6.07, 6.45) is -1.67. The summed E-state index contributed by atoms with van der Waals surface area (Å²) in [6, 6.07) is 2.92. The lowest BCUT2D eigenvalue weighted by Crippen LogP contribution is -2.61. The van der Waals surface area contributed by atoms with Crippen LogP contribution in [0, 0.1) is 17.7 Å². The van der Waals surface area contributed by atoms with Gasteiger partial charge in [-0.2, -0.15) is 13.2 Å². The van der Waals surface area contributed by atoms with Crippen molar-refractivity contribution < 1.29 is 37.0 Å². The molecule has 1 N–H and O–H groups in total. The van der Waals surface area contributed by atoms with Gasteiger partial charge in [0.25, 0.3) is 5.88 Å². The lowest BCUT2D eigenvalue weighted by Gasteiger charge is -2.47. The number of ether oxygens (including phenoxy) is 1. The highest BCUT2D eigenvalue weighted by Crippen LogP contribution is 2.48. The zero-order valence-electron chi connectivity index (χ0n) is 15.5. The average Bonchev–Trinajstić information content (AvgIpc) is 3.18. The molecule has 2 aliphatic heterocycles. The number of carboxylic acids is 1. The van der Waals surface area contributed by atoms with Crippen LogP contribution in [0.15, 0.2) is 18.3 Å². The molecule has 3 heterocycles. The molecule has 3 fully saturated rings. The maximum Gasteiger partial charge on any atom is 0.490 e. The lowest BCUT2D eigenvalue weighted by molar-refractivity contribution is -0.192. The predicted molar refractivity (Wildman–Crippen MR) is 96.0 cm³/mol. The average molecular weight is 436 g/mol. The fourth-order valence-corrected chi connectivity index (χ4v) is 4.94. The zero-order chi connectivity index (χ0) is 21.4. The van der Waals surface area contributed by atoms with E-state index in [1.54, 1.807) is 6.07 Å². The molecule has 1 spiro atoms. The number of hydrogen-bond acceptors (Lipinski definition) is 5. The van der Waals surface area contributed by atoms with Crippen LogP contribution in [-0.2, 0) is 9.59 Å². The SMILES string of the molecule is CC1CC1C(=O)N1CC2(CC(Oc3ncccc3F)CS2)C1.O=C(O)C(F)(F)F. The number of carboxylic acid groups (broad SMARTS) is 1. The van der Waals surface area contributed by atoms with Gasteiger partial charge in [-0.25, -0.2) is 14.2 Å². The number of likely N-dealkylation sites (tertiary alicyclic amines) is 1. The van der Waals surface area contributed by atoms with Crippen molar-refractivity contribution in [3.8, 4) is 5.88 Å². The second kappa shape index (κ2) is 8.00. The van der Waals surface area contributed by atoms with Crippen LogP contribution in [0.3, 0.4) is 0 Å². The monoisotopic (exact) mass is 436 g/mol. The molecule has 0 bridgehead atoms. The van der Waals surface area contributed by atoms with Gasteiger partial charge in [-0.15, -0.1) is 11.8 Å². The number of aliphatic carboxylic acids is 1. The maximum atomic E-state index is 13.6. The normalized spacial score (nSPS) is 26.9. The number of amides is 1. The van der Waals surface area contributed by atoms with Crippen LogP contribution in [0.1, 0.15) is 19.8 Å². The summed E-state index contributed by atoms with van der Waals surface area (Å²) in [5.41, 5.74) is 0. The Labute approximate surface area is 168 Å². The first-order valence-corrected chi connectivity index (χ1v) is 9.99. The van der Waals surface area contributed by atoms with Crippen molar-refractivity contribution in [2.75, 3.05) is 18.8 Å². The number of aromatic nitrogens is 1. The van der Waals surface area contributed by atoms with Crippen molar-refractivity contribution in [1.29, 1.82) is 0 Å². The number of nitrogens with zero attached hydrogens (tertiary/aromatic N) is 2. The highest BCUT2D eigenvalue weighted by Gasteiger charge is 2.54. The van der Waals surface area contributed by atoms with Gasteiger partial charge in [0.2, 0.25) is 5.91 Å². The smallest absolute Gasteiger partial charge is 0.475 e. The van der Waals surface area contributed by atoms with E-state index in [2.05, 4.69) is 11.9 Å². The molecule has 4 rings (SSSR count). The van der Waals surface area contributed by atoms with E-state index in [4.69, 9.17) is 14.6 Å². The Balaban J connectivity index is 0.000000298. The number of thioether (sulfide) groups is 1. The topological polar surface area (TPSA) is 79.7 Å². The van der Waals surface area contributed by atoms with Crippen LogP contribution in [0.25, 0.3) is 0 Å². The molecule has 0 radical (unpaired) electrons. The van der Waals surface area contributed by atoms with Gasteiger partial charge in [0.1, 0.15) is 6.10 Å². The summed E-state index contributed by atoms with van der Waals surface area (Å²) in [5, 5.41) is 7.12. The first kappa shape index (κ1) is 21.7. The highest BCUT2D eigenvalue weighted by atomic mass is 32.2. The molecule has 1 aliphatic carbocycles. The van der Waals surface area contributed by atoms with Crippen LogP contribution >= 0.6 is 11.8 Å². The van der Waals surface area contributed by atoms with Gasteiger partial charge in [-0.1, -0.05) is 6.92 Å². The summed E-state index contributed by atoms with van der Waals surface area (Å²) in [7, 11) is 0. The molecule has 3 aliphatic rings. The van der Waals surface area contributed by atoms with Gasteiger partial charge < -0.3 is 14.7 Å². The second-order valence-electron chi connectivity index (χ2n) is 7.55. The molecule has 1 saturated carbocycles. The number of hydrogen-bond donors (Lipinski definition) is 1. The zero-order valence-corrected chi connectivity index (χ0v) is 16.3. The van der Waals surface area contributed by atoms with Gasteiger partial charge in [0, 0.05) is 37.4 Å². The van der Waals surface area contributed by atoms with E-state index in [9.17, 15) is 22.4 Å². The van der Waals surface area contributed by atoms with Crippen molar-refractivity contribution in [1.82, 2.24) is 9.88 Å². The minimum atomic E-state index is -5.08. The number of carbonyl (C=O) groups excluding carboxylic acids is 1. The van der Waals surface area contributed by atoms with Gasteiger partial charge in [0.15, 0.2) is 5.82 Å². The maximum absolute atomic E-state index is 13.6. The van der Waals surface area contributed by atoms with Crippen molar-refractivity contribution in [2.24, 2.45) is 11.8 Å². The molecule has 11 heteroatoms. The van der Waals surface area contributed by atoms with E-state index in [1.165, 1.54) is 12.3 Å². The summed E-state index contributed by atoms with van der Waals surface area (Å²) >= 11 is 1.85. The first-order chi connectivity index (χ1) is 13.5. The Hall–Kier alpha value is -2.04. The molecule has 6 nitrogen and oxygen atoms in total. The molecular formula is C18H20F4N2O4S. The third-order valence-corrected chi connectivity index (χ3v) is 6.69. The largest absolute Gasteiger partial charge is 0.490 e. The third-order valence-electron chi connectivity index (χ3n) is 5.12. The molecule has 160 valence electrons. The summed E-state index contributed by atoms with van der Waals surface area (Å²) in [6.45, 7) is 3.75. The molecule has 2 saturated heterocycles. The fourth-order valence-electron chi connectivity index (χ4n) is 3.42. The second-order valence-corrected chi connectivity index (χ2v) is 9.03. The predicted octanol–water partition coefficient (Wildman–Crippen LogP) is 2.98. The Bertz CT molecular complexity index is 785. The summed E-state index contributed by atoms with van der Waals surface area (Å²) in [5.74, 6) is -1.11.